The Morgan fingerprint density at radius 2 is 1.79 bits per heavy atom. The lowest BCUT2D eigenvalue weighted by Gasteiger charge is -2.32. The molecule has 1 saturated heterocycles. The standard InChI is InChI=1S/C21H22BrN3O3/c22-15-5-7-17(8-6-15)28-20-18(2-1-11-23-20)19(26)24-16-9-12-25(13-10-16)21(27)14-3-4-14/h1-2,5-8,11,14,16H,3-4,9-10,12-13H2,(H,24,26). The Bertz CT molecular complexity index is 859. The van der Waals surface area contributed by atoms with Crippen molar-refractivity contribution in [1.29, 1.82) is 0 Å². The Labute approximate surface area is 172 Å². The van der Waals surface area contributed by atoms with Gasteiger partial charge in [-0.05, 0) is 62.1 Å². The van der Waals surface area contributed by atoms with E-state index in [4.69, 9.17) is 4.74 Å². The van der Waals surface area contributed by atoms with Crippen LogP contribution >= 0.6 is 15.9 Å². The first-order chi connectivity index (χ1) is 13.6. The monoisotopic (exact) mass is 443 g/mol. The first-order valence-corrected chi connectivity index (χ1v) is 10.4. The minimum atomic E-state index is -0.202. The largest absolute Gasteiger partial charge is 0.438 e. The Hall–Kier alpha value is -2.41. The molecule has 0 atom stereocenters. The second-order valence-electron chi connectivity index (χ2n) is 7.26. The summed E-state index contributed by atoms with van der Waals surface area (Å²) in [5, 5.41) is 3.07. The summed E-state index contributed by atoms with van der Waals surface area (Å²) in [6.07, 6.45) is 5.20. The molecule has 1 aromatic heterocycles. The third-order valence-electron chi connectivity index (χ3n) is 5.11. The number of benzene rings is 1. The molecule has 0 spiro atoms. The highest BCUT2D eigenvalue weighted by atomic mass is 79.9. The predicted molar refractivity (Wildman–Crippen MR) is 108 cm³/mol. The summed E-state index contributed by atoms with van der Waals surface area (Å²) in [6.45, 7) is 1.41. The second kappa shape index (κ2) is 8.31. The number of ether oxygens (including phenoxy) is 1. The van der Waals surface area contributed by atoms with E-state index in [0.717, 1.165) is 30.2 Å². The lowest BCUT2D eigenvalue weighted by Crippen LogP contribution is -2.47. The maximum Gasteiger partial charge on any atom is 0.257 e. The summed E-state index contributed by atoms with van der Waals surface area (Å²) in [7, 11) is 0. The normalized spacial score (nSPS) is 17.2. The van der Waals surface area contributed by atoms with E-state index in [-0.39, 0.29) is 29.7 Å². The van der Waals surface area contributed by atoms with Crippen molar-refractivity contribution in [1.82, 2.24) is 15.2 Å². The topological polar surface area (TPSA) is 71.5 Å². The smallest absolute Gasteiger partial charge is 0.257 e. The Kier molecular flexibility index (Phi) is 5.62. The van der Waals surface area contributed by atoms with Gasteiger partial charge in [-0.15, -0.1) is 0 Å². The average Bonchev–Trinajstić information content (AvgIpc) is 3.55. The number of carbonyl (C=O) groups excluding carboxylic acids is 2. The highest BCUT2D eigenvalue weighted by molar-refractivity contribution is 9.10. The van der Waals surface area contributed by atoms with Crippen LogP contribution in [0.25, 0.3) is 0 Å². The van der Waals surface area contributed by atoms with Crippen LogP contribution in [0.2, 0.25) is 0 Å². The molecule has 0 radical (unpaired) electrons. The summed E-state index contributed by atoms with van der Waals surface area (Å²) < 4.78 is 6.76. The van der Waals surface area contributed by atoms with Gasteiger partial charge < -0.3 is 15.0 Å². The van der Waals surface area contributed by atoms with Crippen LogP contribution in [-0.2, 0) is 4.79 Å². The van der Waals surface area contributed by atoms with Gasteiger partial charge in [0.1, 0.15) is 11.3 Å². The third kappa shape index (κ3) is 4.52. The van der Waals surface area contributed by atoms with Crippen LogP contribution in [0, 0.1) is 5.92 Å². The maximum atomic E-state index is 12.8. The van der Waals surface area contributed by atoms with Crippen LogP contribution in [0.3, 0.4) is 0 Å². The molecule has 2 amide bonds. The lowest BCUT2D eigenvalue weighted by molar-refractivity contribution is -0.133. The van der Waals surface area contributed by atoms with E-state index in [2.05, 4.69) is 26.2 Å². The van der Waals surface area contributed by atoms with E-state index < -0.39 is 0 Å². The van der Waals surface area contributed by atoms with Gasteiger partial charge in [-0.1, -0.05) is 15.9 Å². The Morgan fingerprint density at radius 3 is 2.46 bits per heavy atom. The number of pyridine rings is 1. The Balaban J connectivity index is 1.37. The van der Waals surface area contributed by atoms with Crippen molar-refractivity contribution in [3.8, 4) is 11.6 Å². The summed E-state index contributed by atoms with van der Waals surface area (Å²) in [4.78, 5) is 31.1. The molecule has 28 heavy (non-hydrogen) atoms. The molecule has 4 rings (SSSR count). The maximum absolute atomic E-state index is 12.8. The molecular weight excluding hydrogens is 422 g/mol. The van der Waals surface area contributed by atoms with Crippen molar-refractivity contribution < 1.29 is 14.3 Å². The van der Waals surface area contributed by atoms with Crippen molar-refractivity contribution >= 4 is 27.7 Å². The van der Waals surface area contributed by atoms with Gasteiger partial charge in [-0.25, -0.2) is 4.98 Å². The zero-order valence-corrected chi connectivity index (χ0v) is 17.0. The van der Waals surface area contributed by atoms with Crippen LogP contribution < -0.4 is 10.1 Å². The summed E-state index contributed by atoms with van der Waals surface area (Å²) in [5.41, 5.74) is 0.405. The molecule has 2 heterocycles. The second-order valence-corrected chi connectivity index (χ2v) is 8.18. The molecule has 1 saturated carbocycles. The van der Waals surface area contributed by atoms with Gasteiger partial charge in [0.25, 0.3) is 5.91 Å². The number of carbonyl (C=O) groups is 2. The van der Waals surface area contributed by atoms with Crippen molar-refractivity contribution in [2.75, 3.05) is 13.1 Å². The molecule has 6 nitrogen and oxygen atoms in total. The quantitative estimate of drug-likeness (QED) is 0.763. The van der Waals surface area contributed by atoms with Gasteiger partial charge in [0.05, 0.1) is 0 Å². The van der Waals surface area contributed by atoms with Gasteiger partial charge in [0.15, 0.2) is 0 Å². The van der Waals surface area contributed by atoms with E-state index in [0.29, 0.717) is 24.4 Å². The van der Waals surface area contributed by atoms with Crippen LogP contribution in [0.4, 0.5) is 0 Å². The number of hydrogen-bond donors (Lipinski definition) is 1. The molecule has 0 unspecified atom stereocenters. The summed E-state index contributed by atoms with van der Waals surface area (Å²) >= 11 is 3.39. The number of halogens is 1. The van der Waals surface area contributed by atoms with Crippen LogP contribution in [-0.4, -0.2) is 40.8 Å². The molecule has 2 fully saturated rings. The van der Waals surface area contributed by atoms with Gasteiger partial charge in [0.2, 0.25) is 11.8 Å². The van der Waals surface area contributed by atoms with Crippen molar-refractivity contribution in [2.24, 2.45) is 5.92 Å². The van der Waals surface area contributed by atoms with E-state index in [1.165, 1.54) is 0 Å². The van der Waals surface area contributed by atoms with Gasteiger partial charge in [-0.2, -0.15) is 0 Å². The molecule has 1 aromatic carbocycles. The first kappa shape index (κ1) is 18.9. The van der Waals surface area contributed by atoms with Gasteiger partial charge >= 0.3 is 0 Å². The number of piperidine rings is 1. The fraction of sp³-hybridized carbons (Fsp3) is 0.381. The summed E-state index contributed by atoms with van der Waals surface area (Å²) in [5.74, 6) is 1.22. The van der Waals surface area contributed by atoms with Gasteiger partial charge in [-0.3, -0.25) is 9.59 Å². The highest BCUT2D eigenvalue weighted by Gasteiger charge is 2.35. The molecule has 0 bridgehead atoms. The minimum absolute atomic E-state index is 0.0523. The number of hydrogen-bond acceptors (Lipinski definition) is 4. The molecule has 2 aliphatic rings. The van der Waals surface area contributed by atoms with E-state index in [1.54, 1.807) is 18.3 Å². The van der Waals surface area contributed by atoms with Crippen molar-refractivity contribution in [2.45, 2.75) is 31.7 Å². The lowest BCUT2D eigenvalue weighted by atomic mass is 10.0. The first-order valence-electron chi connectivity index (χ1n) is 9.58. The summed E-state index contributed by atoms with van der Waals surface area (Å²) in [6, 6.07) is 10.9. The van der Waals surface area contributed by atoms with Crippen LogP contribution in [0.5, 0.6) is 11.6 Å². The average molecular weight is 444 g/mol. The Morgan fingerprint density at radius 1 is 1.07 bits per heavy atom. The van der Waals surface area contributed by atoms with E-state index >= 15 is 0 Å². The highest BCUT2D eigenvalue weighted by Crippen LogP contribution is 2.32. The number of rotatable bonds is 5. The zero-order valence-electron chi connectivity index (χ0n) is 15.4. The fourth-order valence-corrected chi connectivity index (χ4v) is 3.62. The molecule has 1 aliphatic heterocycles. The molecule has 1 N–H and O–H groups in total. The van der Waals surface area contributed by atoms with Crippen LogP contribution in [0.15, 0.2) is 47.1 Å². The van der Waals surface area contributed by atoms with Gasteiger partial charge in [0, 0.05) is 35.7 Å². The number of nitrogens with zero attached hydrogens (tertiary/aromatic N) is 2. The van der Waals surface area contributed by atoms with Crippen molar-refractivity contribution in [3.63, 3.8) is 0 Å². The number of amides is 2. The molecule has 2 aromatic rings. The van der Waals surface area contributed by atoms with Crippen LogP contribution in [0.1, 0.15) is 36.0 Å². The molecular formula is C21H22BrN3O3. The predicted octanol–water partition coefficient (Wildman–Crippen LogP) is 3.77. The third-order valence-corrected chi connectivity index (χ3v) is 5.64. The molecule has 7 heteroatoms. The number of aromatic nitrogens is 1. The molecule has 1 aliphatic carbocycles. The van der Waals surface area contributed by atoms with E-state index in [1.807, 2.05) is 29.2 Å². The fourth-order valence-electron chi connectivity index (χ4n) is 3.36. The minimum Gasteiger partial charge on any atom is -0.438 e. The van der Waals surface area contributed by atoms with Crippen molar-refractivity contribution in [3.05, 3.63) is 52.6 Å². The molecule has 146 valence electrons. The number of likely N-dealkylation sites (tertiary alicyclic amines) is 1. The van der Waals surface area contributed by atoms with E-state index in [9.17, 15) is 9.59 Å². The SMILES string of the molecule is O=C(NC1CCN(C(=O)C2CC2)CC1)c1cccnc1Oc1ccc(Br)cc1. The zero-order chi connectivity index (χ0) is 19.5. The number of nitrogens with one attached hydrogen (secondary N) is 1.